The Balaban J connectivity index is 1.51. The molecule has 1 aliphatic carbocycles. The zero-order chi connectivity index (χ0) is 17.0. The summed E-state index contributed by atoms with van der Waals surface area (Å²) in [5.41, 5.74) is 0. The molecule has 1 aliphatic heterocycles. The minimum atomic E-state index is -3.41. The summed E-state index contributed by atoms with van der Waals surface area (Å²) in [6.07, 6.45) is 5.58. The molecular formula is C18H26N2O3S. The lowest BCUT2D eigenvalue weighted by Crippen LogP contribution is -2.40. The lowest BCUT2D eigenvalue weighted by atomic mass is 9.94. The molecule has 3 rings (SSSR count). The van der Waals surface area contributed by atoms with E-state index in [0.717, 1.165) is 25.8 Å². The van der Waals surface area contributed by atoms with Gasteiger partial charge in [-0.05, 0) is 56.1 Å². The number of hydrogen-bond acceptors (Lipinski definition) is 3. The molecule has 1 atom stereocenters. The molecule has 2 fully saturated rings. The van der Waals surface area contributed by atoms with Crippen LogP contribution in [0, 0.1) is 11.8 Å². The van der Waals surface area contributed by atoms with E-state index in [1.807, 2.05) is 6.07 Å². The van der Waals surface area contributed by atoms with Crippen molar-refractivity contribution in [3.63, 3.8) is 0 Å². The quantitative estimate of drug-likeness (QED) is 0.821. The molecule has 5 nitrogen and oxygen atoms in total. The normalized spacial score (nSPS) is 22.2. The monoisotopic (exact) mass is 350 g/mol. The number of carbonyl (C=O) groups excluding carboxylic acids is 1. The first-order valence-corrected chi connectivity index (χ1v) is 10.3. The Morgan fingerprint density at radius 2 is 1.88 bits per heavy atom. The largest absolute Gasteiger partial charge is 0.356 e. The van der Waals surface area contributed by atoms with Gasteiger partial charge in [0, 0.05) is 26.1 Å². The Bertz CT molecular complexity index is 656. The summed E-state index contributed by atoms with van der Waals surface area (Å²) in [6, 6.07) is 8.60. The number of hydrogen-bond donors (Lipinski definition) is 1. The average Bonchev–Trinajstić information content (AvgIpc) is 3.43. The maximum atomic E-state index is 12.7. The first-order valence-electron chi connectivity index (χ1n) is 8.87. The molecule has 132 valence electrons. The van der Waals surface area contributed by atoms with Crippen LogP contribution in [-0.2, 0) is 14.8 Å². The van der Waals surface area contributed by atoms with Crippen molar-refractivity contribution in [2.75, 3.05) is 19.6 Å². The summed E-state index contributed by atoms with van der Waals surface area (Å²) in [5, 5.41) is 2.98. The van der Waals surface area contributed by atoms with Gasteiger partial charge in [-0.2, -0.15) is 4.31 Å². The molecule has 0 radical (unpaired) electrons. The van der Waals surface area contributed by atoms with Crippen molar-refractivity contribution in [2.45, 2.75) is 43.4 Å². The lowest BCUT2D eigenvalue weighted by molar-refractivity contribution is -0.121. The van der Waals surface area contributed by atoms with Gasteiger partial charge >= 0.3 is 0 Å². The van der Waals surface area contributed by atoms with Gasteiger partial charge in [-0.1, -0.05) is 18.2 Å². The predicted molar refractivity (Wildman–Crippen MR) is 92.9 cm³/mol. The van der Waals surface area contributed by atoms with E-state index in [2.05, 4.69) is 5.32 Å². The second-order valence-electron chi connectivity index (χ2n) is 6.97. The fraction of sp³-hybridized carbons (Fsp3) is 0.611. The molecule has 0 bridgehead atoms. The maximum Gasteiger partial charge on any atom is 0.243 e. The minimum Gasteiger partial charge on any atom is -0.356 e. The molecule has 1 unspecified atom stereocenters. The van der Waals surface area contributed by atoms with Crippen molar-refractivity contribution in [1.82, 2.24) is 9.62 Å². The second kappa shape index (κ2) is 7.66. The molecule has 1 N–H and O–H groups in total. The Hall–Kier alpha value is -1.40. The molecule has 1 saturated carbocycles. The van der Waals surface area contributed by atoms with Crippen LogP contribution in [0.2, 0.25) is 0 Å². The third-order valence-electron chi connectivity index (χ3n) is 4.93. The third kappa shape index (κ3) is 4.57. The van der Waals surface area contributed by atoms with Crippen molar-refractivity contribution >= 4 is 15.9 Å². The van der Waals surface area contributed by atoms with Crippen molar-refractivity contribution in [3.8, 4) is 0 Å². The molecule has 24 heavy (non-hydrogen) atoms. The van der Waals surface area contributed by atoms with E-state index in [0.29, 0.717) is 30.3 Å². The summed E-state index contributed by atoms with van der Waals surface area (Å²) in [6.45, 7) is 1.90. The second-order valence-corrected chi connectivity index (χ2v) is 8.91. The third-order valence-corrected chi connectivity index (χ3v) is 6.81. The van der Waals surface area contributed by atoms with Crippen molar-refractivity contribution in [3.05, 3.63) is 30.3 Å². The lowest BCUT2D eigenvalue weighted by Gasteiger charge is -2.31. The minimum absolute atomic E-state index is 0.102. The van der Waals surface area contributed by atoms with Gasteiger partial charge in [0.15, 0.2) is 0 Å². The van der Waals surface area contributed by atoms with Crippen molar-refractivity contribution in [1.29, 1.82) is 0 Å². The SMILES string of the molecule is O=C(CCC1CCCN(S(=O)(=O)c2ccccc2)C1)NCC1CC1. The van der Waals surface area contributed by atoms with Crippen LogP contribution in [0.5, 0.6) is 0 Å². The topological polar surface area (TPSA) is 66.5 Å². The first-order chi connectivity index (χ1) is 11.6. The number of nitrogens with zero attached hydrogens (tertiary/aromatic N) is 1. The zero-order valence-electron chi connectivity index (χ0n) is 14.0. The van der Waals surface area contributed by atoms with Gasteiger partial charge in [-0.15, -0.1) is 0 Å². The number of sulfonamides is 1. The van der Waals surface area contributed by atoms with Crippen molar-refractivity contribution < 1.29 is 13.2 Å². The first kappa shape index (κ1) is 17.4. The summed E-state index contributed by atoms with van der Waals surface area (Å²) in [7, 11) is -3.41. The number of nitrogens with one attached hydrogen (secondary N) is 1. The van der Waals surface area contributed by atoms with E-state index in [-0.39, 0.29) is 11.8 Å². The molecular weight excluding hydrogens is 324 g/mol. The summed E-state index contributed by atoms with van der Waals surface area (Å²) >= 11 is 0. The summed E-state index contributed by atoms with van der Waals surface area (Å²) in [5.74, 6) is 1.06. The van der Waals surface area contributed by atoms with Crippen molar-refractivity contribution in [2.24, 2.45) is 11.8 Å². The highest BCUT2D eigenvalue weighted by molar-refractivity contribution is 7.89. The van der Waals surface area contributed by atoms with Gasteiger partial charge in [0.25, 0.3) is 0 Å². The number of benzene rings is 1. The molecule has 0 aromatic heterocycles. The van der Waals surface area contributed by atoms with Gasteiger partial charge in [0.05, 0.1) is 4.90 Å². The molecule has 1 saturated heterocycles. The smallest absolute Gasteiger partial charge is 0.243 e. The van der Waals surface area contributed by atoms with E-state index in [1.54, 1.807) is 28.6 Å². The Morgan fingerprint density at radius 3 is 2.58 bits per heavy atom. The van der Waals surface area contributed by atoms with Gasteiger partial charge < -0.3 is 5.32 Å². The Morgan fingerprint density at radius 1 is 1.12 bits per heavy atom. The highest BCUT2D eigenvalue weighted by atomic mass is 32.2. The molecule has 0 spiro atoms. The highest BCUT2D eigenvalue weighted by Crippen LogP contribution is 2.28. The molecule has 1 heterocycles. The van der Waals surface area contributed by atoms with Gasteiger partial charge in [-0.3, -0.25) is 4.79 Å². The average molecular weight is 350 g/mol. The zero-order valence-corrected chi connectivity index (χ0v) is 14.8. The molecule has 6 heteroatoms. The van der Waals surface area contributed by atoms with Crippen LogP contribution in [0.1, 0.15) is 38.5 Å². The maximum absolute atomic E-state index is 12.7. The van der Waals surface area contributed by atoms with Crippen LogP contribution in [0.25, 0.3) is 0 Å². The molecule has 1 aromatic rings. The molecule has 1 aromatic carbocycles. The van der Waals surface area contributed by atoms with E-state index in [9.17, 15) is 13.2 Å². The van der Waals surface area contributed by atoms with Crippen LogP contribution in [0.4, 0.5) is 0 Å². The number of rotatable bonds is 7. The standard InChI is InChI=1S/C18H26N2O3S/c21-18(19-13-15-8-9-15)11-10-16-5-4-12-20(14-16)24(22,23)17-6-2-1-3-7-17/h1-3,6-7,15-16H,4-5,8-14H2,(H,19,21). The van der Waals surface area contributed by atoms with Crippen LogP contribution in [0.3, 0.4) is 0 Å². The number of amides is 1. The highest BCUT2D eigenvalue weighted by Gasteiger charge is 2.30. The van der Waals surface area contributed by atoms with E-state index < -0.39 is 10.0 Å². The van der Waals surface area contributed by atoms with E-state index in [1.165, 1.54) is 12.8 Å². The van der Waals surface area contributed by atoms with Gasteiger partial charge in [0.2, 0.25) is 15.9 Å². The summed E-state index contributed by atoms with van der Waals surface area (Å²) < 4.78 is 27.0. The van der Waals surface area contributed by atoms with Crippen LogP contribution >= 0.6 is 0 Å². The fourth-order valence-electron chi connectivity index (χ4n) is 3.23. The van der Waals surface area contributed by atoms with E-state index in [4.69, 9.17) is 0 Å². The van der Waals surface area contributed by atoms with Crippen LogP contribution < -0.4 is 5.32 Å². The van der Waals surface area contributed by atoms with Crippen LogP contribution in [0.15, 0.2) is 35.2 Å². The molecule has 1 amide bonds. The van der Waals surface area contributed by atoms with Gasteiger partial charge in [0.1, 0.15) is 0 Å². The fourth-order valence-corrected chi connectivity index (χ4v) is 4.80. The number of carbonyl (C=O) groups is 1. The molecule has 2 aliphatic rings. The summed E-state index contributed by atoms with van der Waals surface area (Å²) in [4.78, 5) is 12.2. The van der Waals surface area contributed by atoms with Crippen LogP contribution in [-0.4, -0.2) is 38.3 Å². The van der Waals surface area contributed by atoms with Gasteiger partial charge in [-0.25, -0.2) is 8.42 Å². The van der Waals surface area contributed by atoms with E-state index >= 15 is 0 Å². The predicted octanol–water partition coefficient (Wildman–Crippen LogP) is 2.39. The Labute approximate surface area is 144 Å². The number of piperidine rings is 1. The Kier molecular flexibility index (Phi) is 5.56.